The number of carbonyl (C=O) groups excluding carboxylic acids is 1. The quantitative estimate of drug-likeness (QED) is 0.796. The Balaban J connectivity index is 1.80. The van der Waals surface area contributed by atoms with E-state index in [1.165, 1.54) is 35.4 Å². The van der Waals surface area contributed by atoms with Gasteiger partial charge in [-0.25, -0.2) is 19.0 Å². The smallest absolute Gasteiger partial charge is 0.318 e. The number of amides is 1. The summed E-state index contributed by atoms with van der Waals surface area (Å²) in [4.78, 5) is 19.7. The minimum atomic E-state index is -4.03. The number of rotatable bonds is 4. The van der Waals surface area contributed by atoms with Gasteiger partial charge in [0.2, 0.25) is 5.95 Å². The standard InChI is InChI=1S/C15H10F3N5O/c16-12-5-2-1-4-11(12)15(17,18)13(24)22-10-8-21-23(9-10)14-19-6-3-7-20-14/h1-9H,(H,22,24). The lowest BCUT2D eigenvalue weighted by Gasteiger charge is -2.16. The maximum absolute atomic E-state index is 14.1. The van der Waals surface area contributed by atoms with Crippen LogP contribution in [0.5, 0.6) is 0 Å². The van der Waals surface area contributed by atoms with Crippen molar-refractivity contribution in [1.29, 1.82) is 0 Å². The second-order valence-corrected chi connectivity index (χ2v) is 4.73. The molecule has 0 bridgehead atoms. The summed E-state index contributed by atoms with van der Waals surface area (Å²) < 4.78 is 43.0. The van der Waals surface area contributed by atoms with Crippen LogP contribution in [-0.4, -0.2) is 25.7 Å². The molecular weight excluding hydrogens is 323 g/mol. The van der Waals surface area contributed by atoms with E-state index in [2.05, 4.69) is 15.1 Å². The van der Waals surface area contributed by atoms with Crippen LogP contribution in [0.25, 0.3) is 5.95 Å². The van der Waals surface area contributed by atoms with Gasteiger partial charge in [0, 0.05) is 12.4 Å². The van der Waals surface area contributed by atoms with Gasteiger partial charge < -0.3 is 5.32 Å². The maximum Gasteiger partial charge on any atom is 0.352 e. The Labute approximate surface area is 134 Å². The first-order valence-electron chi connectivity index (χ1n) is 6.75. The largest absolute Gasteiger partial charge is 0.352 e. The van der Waals surface area contributed by atoms with Crippen molar-refractivity contribution in [2.75, 3.05) is 5.32 Å². The van der Waals surface area contributed by atoms with Crippen LogP contribution in [0.15, 0.2) is 55.1 Å². The number of hydrogen-bond acceptors (Lipinski definition) is 4. The number of anilines is 1. The Morgan fingerprint density at radius 3 is 2.54 bits per heavy atom. The number of nitrogens with zero attached hydrogens (tertiary/aromatic N) is 4. The minimum absolute atomic E-state index is 0.00321. The predicted octanol–water partition coefficient (Wildman–Crippen LogP) is 2.53. The Hall–Kier alpha value is -3.23. The van der Waals surface area contributed by atoms with Crippen LogP contribution in [0.2, 0.25) is 0 Å². The van der Waals surface area contributed by atoms with Crippen molar-refractivity contribution in [3.8, 4) is 5.95 Å². The predicted molar refractivity (Wildman–Crippen MR) is 78.1 cm³/mol. The van der Waals surface area contributed by atoms with Gasteiger partial charge >= 0.3 is 5.92 Å². The van der Waals surface area contributed by atoms with Crippen LogP contribution in [0, 0.1) is 5.82 Å². The maximum atomic E-state index is 14.1. The summed E-state index contributed by atoms with van der Waals surface area (Å²) in [6.45, 7) is 0. The highest BCUT2D eigenvalue weighted by Gasteiger charge is 2.43. The van der Waals surface area contributed by atoms with Gasteiger partial charge in [0.1, 0.15) is 5.82 Å². The van der Waals surface area contributed by atoms with Gasteiger partial charge in [-0.05, 0) is 18.2 Å². The molecule has 0 aliphatic heterocycles. The molecule has 24 heavy (non-hydrogen) atoms. The fraction of sp³-hybridized carbons (Fsp3) is 0.0667. The highest BCUT2D eigenvalue weighted by Crippen LogP contribution is 2.31. The van der Waals surface area contributed by atoms with Crippen LogP contribution in [0.1, 0.15) is 5.56 Å². The van der Waals surface area contributed by atoms with E-state index in [1.807, 2.05) is 5.32 Å². The van der Waals surface area contributed by atoms with Crippen LogP contribution >= 0.6 is 0 Å². The van der Waals surface area contributed by atoms with Crippen molar-refractivity contribution in [2.45, 2.75) is 5.92 Å². The number of nitrogens with one attached hydrogen (secondary N) is 1. The lowest BCUT2D eigenvalue weighted by Crippen LogP contribution is -2.33. The molecule has 9 heteroatoms. The van der Waals surface area contributed by atoms with E-state index in [9.17, 15) is 18.0 Å². The number of benzene rings is 1. The summed E-state index contributed by atoms with van der Waals surface area (Å²) in [5.74, 6) is -6.65. The fourth-order valence-electron chi connectivity index (χ4n) is 1.95. The first-order valence-corrected chi connectivity index (χ1v) is 6.75. The molecule has 2 aromatic heterocycles. The normalized spacial score (nSPS) is 11.3. The minimum Gasteiger partial charge on any atom is -0.318 e. The summed E-state index contributed by atoms with van der Waals surface area (Å²) in [5, 5.41) is 5.87. The first kappa shape index (κ1) is 15.7. The van der Waals surface area contributed by atoms with E-state index >= 15 is 0 Å². The van der Waals surface area contributed by atoms with Crippen molar-refractivity contribution in [3.63, 3.8) is 0 Å². The molecule has 0 aliphatic rings. The second kappa shape index (κ2) is 6.11. The van der Waals surface area contributed by atoms with Gasteiger partial charge in [-0.2, -0.15) is 13.9 Å². The van der Waals surface area contributed by atoms with E-state index in [-0.39, 0.29) is 11.6 Å². The molecule has 1 N–H and O–H groups in total. The highest BCUT2D eigenvalue weighted by atomic mass is 19.3. The number of carbonyl (C=O) groups is 1. The van der Waals surface area contributed by atoms with Crippen LogP contribution in [0.4, 0.5) is 18.9 Å². The Kier molecular flexibility index (Phi) is 3.98. The third-order valence-electron chi connectivity index (χ3n) is 3.09. The third-order valence-corrected chi connectivity index (χ3v) is 3.09. The summed E-state index contributed by atoms with van der Waals surface area (Å²) >= 11 is 0. The molecule has 1 amide bonds. The van der Waals surface area contributed by atoms with Gasteiger partial charge in [-0.3, -0.25) is 4.79 Å². The SMILES string of the molecule is O=C(Nc1cnn(-c2ncccn2)c1)C(F)(F)c1ccccc1F. The van der Waals surface area contributed by atoms with Gasteiger partial charge in [-0.1, -0.05) is 12.1 Å². The first-order chi connectivity index (χ1) is 11.5. The Bertz CT molecular complexity index is 866. The third kappa shape index (κ3) is 2.96. The zero-order valence-corrected chi connectivity index (χ0v) is 12.0. The van der Waals surface area contributed by atoms with Crippen molar-refractivity contribution in [2.24, 2.45) is 0 Å². The van der Waals surface area contributed by atoms with Crippen LogP contribution < -0.4 is 5.32 Å². The van der Waals surface area contributed by atoms with Gasteiger partial charge in [0.15, 0.2) is 0 Å². The van der Waals surface area contributed by atoms with Crippen LogP contribution in [-0.2, 0) is 10.7 Å². The molecule has 3 aromatic rings. The molecule has 0 saturated carbocycles. The molecule has 2 heterocycles. The van der Waals surface area contributed by atoms with Crippen molar-refractivity contribution < 1.29 is 18.0 Å². The van der Waals surface area contributed by atoms with Gasteiger partial charge in [-0.15, -0.1) is 0 Å². The molecule has 0 radical (unpaired) electrons. The summed E-state index contributed by atoms with van der Waals surface area (Å²) in [7, 11) is 0. The zero-order valence-electron chi connectivity index (χ0n) is 12.0. The number of hydrogen-bond donors (Lipinski definition) is 1. The lowest BCUT2D eigenvalue weighted by atomic mass is 10.1. The molecule has 3 rings (SSSR count). The molecule has 0 atom stereocenters. The molecule has 0 spiro atoms. The summed E-state index contributed by atoms with van der Waals surface area (Å²) in [5.41, 5.74) is -0.996. The van der Waals surface area contributed by atoms with Gasteiger partial charge in [0.25, 0.3) is 5.91 Å². The monoisotopic (exact) mass is 333 g/mol. The fourth-order valence-corrected chi connectivity index (χ4v) is 1.95. The molecular formula is C15H10F3N5O. The Morgan fingerprint density at radius 1 is 1.12 bits per heavy atom. The number of aromatic nitrogens is 4. The van der Waals surface area contributed by atoms with Crippen molar-refractivity contribution >= 4 is 11.6 Å². The van der Waals surface area contributed by atoms with E-state index in [0.717, 1.165) is 18.3 Å². The zero-order chi connectivity index (χ0) is 17.2. The topological polar surface area (TPSA) is 72.7 Å². The molecule has 6 nitrogen and oxygen atoms in total. The Morgan fingerprint density at radius 2 is 1.83 bits per heavy atom. The average molecular weight is 333 g/mol. The lowest BCUT2D eigenvalue weighted by molar-refractivity contribution is -0.141. The van der Waals surface area contributed by atoms with E-state index < -0.39 is 23.2 Å². The number of halogens is 3. The molecule has 122 valence electrons. The van der Waals surface area contributed by atoms with E-state index in [1.54, 1.807) is 6.07 Å². The average Bonchev–Trinajstić information content (AvgIpc) is 3.04. The molecule has 0 unspecified atom stereocenters. The molecule has 0 aliphatic carbocycles. The summed E-state index contributed by atoms with van der Waals surface area (Å²) in [6, 6.07) is 5.81. The van der Waals surface area contributed by atoms with E-state index in [4.69, 9.17) is 0 Å². The molecule has 1 aromatic carbocycles. The van der Waals surface area contributed by atoms with Crippen LogP contribution in [0.3, 0.4) is 0 Å². The number of alkyl halides is 2. The second-order valence-electron chi connectivity index (χ2n) is 4.73. The van der Waals surface area contributed by atoms with E-state index in [0.29, 0.717) is 0 Å². The van der Waals surface area contributed by atoms with Crippen molar-refractivity contribution in [1.82, 2.24) is 19.7 Å². The van der Waals surface area contributed by atoms with Gasteiger partial charge in [0.05, 0.1) is 23.6 Å². The summed E-state index contributed by atoms with van der Waals surface area (Å²) in [6.07, 6.45) is 5.39. The van der Waals surface area contributed by atoms with Crippen molar-refractivity contribution in [3.05, 3.63) is 66.5 Å². The highest BCUT2D eigenvalue weighted by molar-refractivity contribution is 5.96. The molecule has 0 saturated heterocycles. The molecule has 0 fully saturated rings.